The molecule has 0 atom stereocenters. The Bertz CT molecular complexity index is 791. The topological polar surface area (TPSA) is 122 Å². The summed E-state index contributed by atoms with van der Waals surface area (Å²) in [6.45, 7) is 3.62. The largest absolute Gasteiger partial charge is 0.756 e. The van der Waals surface area contributed by atoms with Gasteiger partial charge in [-0.2, -0.15) is 0 Å². The number of fused-ring (bicyclic) bond motifs is 1. The second kappa shape index (κ2) is 8.50. The molecule has 0 aliphatic heterocycles. The molecule has 2 rings (SSSR count). The molecular formula is C19H21N2O6-. The second-order valence-electron chi connectivity index (χ2n) is 5.74. The van der Waals surface area contributed by atoms with Gasteiger partial charge in [-0.25, -0.2) is 9.59 Å². The van der Waals surface area contributed by atoms with E-state index in [9.17, 15) is 19.6 Å². The first-order valence-electron chi connectivity index (χ1n) is 8.43. The smallest absolute Gasteiger partial charge is 0.340 e. The van der Waals surface area contributed by atoms with Crippen LogP contribution < -0.4 is 5.73 Å². The van der Waals surface area contributed by atoms with E-state index in [1.165, 1.54) is 0 Å². The molecule has 8 heteroatoms. The third-order valence-corrected chi connectivity index (χ3v) is 3.96. The van der Waals surface area contributed by atoms with Crippen LogP contribution in [0.5, 0.6) is 0 Å². The highest BCUT2D eigenvalue weighted by Crippen LogP contribution is 2.39. The standard InChI is InChI=1S/C19H21N2O6/c1-4-26-18(23)15-12-8-6-11(10-14(22)21(3)25)7-9-13(12)16(17(15)20)19(24)27-5-2/h6-9H,4-5,10,20H2,1-3H3/q-1. The first-order valence-corrected chi connectivity index (χ1v) is 8.43. The lowest BCUT2D eigenvalue weighted by molar-refractivity contribution is -0.126. The van der Waals surface area contributed by atoms with Crippen LogP contribution in [0.25, 0.3) is 11.1 Å². The predicted molar refractivity (Wildman–Crippen MR) is 99.2 cm³/mol. The molecule has 0 bridgehead atoms. The van der Waals surface area contributed by atoms with Crippen LogP contribution in [0.4, 0.5) is 5.69 Å². The van der Waals surface area contributed by atoms with Crippen molar-refractivity contribution in [3.8, 4) is 11.1 Å². The van der Waals surface area contributed by atoms with Crippen LogP contribution in [-0.4, -0.2) is 43.2 Å². The number of amides is 1. The summed E-state index contributed by atoms with van der Waals surface area (Å²) in [5, 5.41) is 11.4. The van der Waals surface area contributed by atoms with E-state index in [0.29, 0.717) is 16.7 Å². The number of hydrogen-bond donors (Lipinski definition) is 1. The lowest BCUT2D eigenvalue weighted by atomic mass is 10.1. The fraction of sp³-hybridized carbons (Fsp3) is 0.316. The molecule has 0 aromatic heterocycles. The number of anilines is 1. The Morgan fingerprint density at radius 1 is 0.963 bits per heavy atom. The minimum Gasteiger partial charge on any atom is -0.756 e. The Kier molecular flexibility index (Phi) is 6.36. The molecule has 0 fully saturated rings. The molecule has 2 aliphatic rings. The average molecular weight is 373 g/mol. The lowest BCUT2D eigenvalue weighted by Gasteiger charge is -2.21. The number of hydroxylamine groups is 2. The van der Waals surface area contributed by atoms with Gasteiger partial charge in [0.25, 0.3) is 0 Å². The van der Waals surface area contributed by atoms with Gasteiger partial charge in [-0.05, 0) is 37.6 Å². The summed E-state index contributed by atoms with van der Waals surface area (Å²) >= 11 is 0. The second-order valence-corrected chi connectivity index (χ2v) is 5.74. The average Bonchev–Trinajstić information content (AvgIpc) is 2.74. The SMILES string of the molecule is CCOC(=O)c1c2ccc(CC(=O)N(C)[O-])ccc-2c(C(=O)OCC)c1N. The van der Waals surface area contributed by atoms with Crippen LogP contribution in [0, 0.1) is 5.21 Å². The number of nitrogens with two attached hydrogens (primary N) is 1. The van der Waals surface area contributed by atoms with Gasteiger partial charge in [0.05, 0.1) is 36.4 Å². The van der Waals surface area contributed by atoms with Crippen LogP contribution in [0.3, 0.4) is 0 Å². The summed E-state index contributed by atoms with van der Waals surface area (Å²) in [6.07, 6.45) is -0.115. The number of hydrogen-bond acceptors (Lipinski definition) is 7. The van der Waals surface area contributed by atoms with E-state index in [2.05, 4.69) is 0 Å². The summed E-state index contributed by atoms with van der Waals surface area (Å²) in [5.74, 6) is -1.92. The highest BCUT2D eigenvalue weighted by Gasteiger charge is 2.30. The van der Waals surface area contributed by atoms with Crippen molar-refractivity contribution in [2.24, 2.45) is 0 Å². The van der Waals surface area contributed by atoms with Crippen LogP contribution >= 0.6 is 0 Å². The van der Waals surface area contributed by atoms with Crippen LogP contribution in [-0.2, 0) is 20.7 Å². The highest BCUT2D eigenvalue weighted by molar-refractivity contribution is 6.15. The van der Waals surface area contributed by atoms with Crippen molar-refractivity contribution in [3.05, 3.63) is 46.2 Å². The van der Waals surface area contributed by atoms with Gasteiger partial charge >= 0.3 is 11.9 Å². The van der Waals surface area contributed by atoms with Crippen LogP contribution in [0.1, 0.15) is 40.1 Å². The van der Waals surface area contributed by atoms with E-state index in [1.54, 1.807) is 38.1 Å². The Labute approximate surface area is 156 Å². The minimum atomic E-state index is -0.654. The molecule has 144 valence electrons. The summed E-state index contributed by atoms with van der Waals surface area (Å²) in [7, 11) is 1.13. The van der Waals surface area contributed by atoms with E-state index in [4.69, 9.17) is 15.2 Å². The fourth-order valence-electron chi connectivity index (χ4n) is 2.72. The molecule has 2 aliphatic carbocycles. The number of likely N-dealkylation sites (N-methyl/N-ethyl adjacent to an activating group) is 1. The zero-order valence-electron chi connectivity index (χ0n) is 15.4. The van der Waals surface area contributed by atoms with E-state index >= 15 is 0 Å². The quantitative estimate of drug-likeness (QED) is 0.608. The normalized spacial score (nSPS) is 10.5. The number of ether oxygens (including phenoxy) is 2. The Morgan fingerprint density at radius 3 is 1.78 bits per heavy atom. The molecule has 1 amide bonds. The maximum absolute atomic E-state index is 12.4. The van der Waals surface area contributed by atoms with Gasteiger partial charge in [-0.3, -0.25) is 4.79 Å². The molecule has 0 saturated carbocycles. The first kappa shape index (κ1) is 20.2. The molecule has 0 spiro atoms. The summed E-state index contributed by atoms with van der Waals surface area (Å²) < 4.78 is 10.1. The van der Waals surface area contributed by atoms with E-state index in [0.717, 1.165) is 7.05 Å². The number of rotatable bonds is 6. The molecule has 0 saturated heterocycles. The Hall–Kier alpha value is -3.13. The van der Waals surface area contributed by atoms with Crippen molar-refractivity contribution in [1.82, 2.24) is 5.06 Å². The number of nitrogen functional groups attached to an aromatic ring is 1. The van der Waals surface area contributed by atoms with Gasteiger partial charge < -0.3 is 25.5 Å². The number of carbonyl (C=O) groups is 3. The van der Waals surface area contributed by atoms with Crippen molar-refractivity contribution in [2.45, 2.75) is 20.3 Å². The summed E-state index contributed by atoms with van der Waals surface area (Å²) in [4.78, 5) is 36.4. The van der Waals surface area contributed by atoms with Gasteiger partial charge in [0, 0.05) is 0 Å². The van der Waals surface area contributed by atoms with Gasteiger partial charge in [-0.15, -0.1) is 0 Å². The number of carbonyl (C=O) groups excluding carboxylic acids is 3. The van der Waals surface area contributed by atoms with Gasteiger partial charge in [0.2, 0.25) is 5.91 Å². The van der Waals surface area contributed by atoms with Crippen LogP contribution in [0.15, 0.2) is 24.3 Å². The number of esters is 2. The molecule has 0 aromatic rings. The Morgan fingerprint density at radius 2 is 1.41 bits per heavy atom. The summed E-state index contributed by atoms with van der Waals surface area (Å²) in [6, 6.07) is 6.35. The molecule has 0 heterocycles. The highest BCUT2D eigenvalue weighted by atomic mass is 16.5. The zero-order valence-corrected chi connectivity index (χ0v) is 15.4. The minimum absolute atomic E-state index is 0.00924. The fourth-order valence-corrected chi connectivity index (χ4v) is 2.72. The van der Waals surface area contributed by atoms with Crippen molar-refractivity contribution in [1.29, 1.82) is 0 Å². The molecular weight excluding hydrogens is 352 g/mol. The van der Waals surface area contributed by atoms with E-state index < -0.39 is 17.8 Å². The van der Waals surface area contributed by atoms with Crippen LogP contribution in [0.2, 0.25) is 0 Å². The Balaban J connectivity index is 2.64. The maximum Gasteiger partial charge on any atom is 0.340 e. The molecule has 0 aromatic carbocycles. The monoisotopic (exact) mass is 373 g/mol. The van der Waals surface area contributed by atoms with Gasteiger partial charge in [0.1, 0.15) is 0 Å². The van der Waals surface area contributed by atoms with Gasteiger partial charge in [-0.1, -0.05) is 24.3 Å². The molecule has 2 N–H and O–H groups in total. The van der Waals surface area contributed by atoms with Crippen molar-refractivity contribution < 1.29 is 23.9 Å². The van der Waals surface area contributed by atoms with E-state index in [-0.39, 0.29) is 41.5 Å². The van der Waals surface area contributed by atoms with Gasteiger partial charge in [0.15, 0.2) is 0 Å². The molecule has 27 heavy (non-hydrogen) atoms. The van der Waals surface area contributed by atoms with Crippen molar-refractivity contribution in [2.75, 3.05) is 26.0 Å². The molecule has 8 nitrogen and oxygen atoms in total. The third kappa shape index (κ3) is 4.17. The lowest BCUT2D eigenvalue weighted by Crippen LogP contribution is -2.21. The first-order chi connectivity index (χ1) is 12.8. The zero-order chi connectivity index (χ0) is 20.1. The predicted octanol–water partition coefficient (Wildman–Crippen LogP) is 2.23. The van der Waals surface area contributed by atoms with Crippen molar-refractivity contribution >= 4 is 23.5 Å². The van der Waals surface area contributed by atoms with E-state index in [1.807, 2.05) is 0 Å². The number of nitrogens with zero attached hydrogens (tertiary/aromatic N) is 1. The molecule has 0 unspecified atom stereocenters. The maximum atomic E-state index is 12.4. The van der Waals surface area contributed by atoms with Crippen molar-refractivity contribution in [3.63, 3.8) is 0 Å². The summed E-state index contributed by atoms with van der Waals surface area (Å²) in [5.41, 5.74) is 7.57. The third-order valence-electron chi connectivity index (χ3n) is 3.96. The molecule has 0 radical (unpaired) electrons.